The van der Waals surface area contributed by atoms with Crippen molar-refractivity contribution in [1.29, 1.82) is 0 Å². The summed E-state index contributed by atoms with van der Waals surface area (Å²) in [6.07, 6.45) is -11.6. The van der Waals surface area contributed by atoms with Gasteiger partial charge < -0.3 is 15.2 Å². The first-order valence-electron chi connectivity index (χ1n) is 7.55. The Bertz CT molecular complexity index is 924. The molecule has 8 nitrogen and oxygen atoms in total. The first-order valence-corrected chi connectivity index (χ1v) is 11.2. The quantitative estimate of drug-likeness (QED) is 0.126. The molecule has 0 aromatic heterocycles. The fourth-order valence-electron chi connectivity index (χ4n) is 1.92. The lowest BCUT2D eigenvalue weighted by Crippen LogP contribution is -2.52. The van der Waals surface area contributed by atoms with E-state index < -0.39 is 46.0 Å². The number of hydrogen-bond donors (Lipinski definition) is 3. The summed E-state index contributed by atoms with van der Waals surface area (Å²) in [5.41, 5.74) is -0.0983. The van der Waals surface area contributed by atoms with E-state index in [-0.39, 0.29) is 24.3 Å². The van der Waals surface area contributed by atoms with Gasteiger partial charge in [0.05, 0.1) is 9.13 Å². The van der Waals surface area contributed by atoms with Crippen molar-refractivity contribution >= 4 is 67.2 Å². The molecule has 1 amide bonds. The van der Waals surface area contributed by atoms with Crippen molar-refractivity contribution in [3.8, 4) is 5.75 Å². The summed E-state index contributed by atoms with van der Waals surface area (Å²) >= 11 is 3.68. The maximum absolute atomic E-state index is 13.3. The number of amides is 1. The fourth-order valence-corrected chi connectivity index (χ4v) is 4.22. The third kappa shape index (κ3) is 7.01. The van der Waals surface area contributed by atoms with Gasteiger partial charge in [0.15, 0.2) is 0 Å². The Labute approximate surface area is 193 Å². The molecular formula is C14H12F5I2NO7S. The summed E-state index contributed by atoms with van der Waals surface area (Å²) in [6, 6.07) is 2.94. The van der Waals surface area contributed by atoms with Crippen LogP contribution in [0, 0.1) is 7.14 Å². The predicted octanol–water partition coefficient (Wildman–Crippen LogP) is 3.07. The second-order valence-corrected chi connectivity index (χ2v) is 9.49. The lowest BCUT2D eigenvalue weighted by atomic mass is 10.2. The van der Waals surface area contributed by atoms with Crippen molar-refractivity contribution in [2.75, 3.05) is 6.54 Å². The Morgan fingerprint density at radius 2 is 1.73 bits per heavy atom. The normalized spacial score (nSPS) is 13.6. The Morgan fingerprint density at radius 1 is 1.17 bits per heavy atom. The molecule has 1 aromatic rings. The highest BCUT2D eigenvalue weighted by Crippen LogP contribution is 2.38. The molecule has 0 aliphatic rings. The Morgan fingerprint density at radius 3 is 2.23 bits per heavy atom. The van der Waals surface area contributed by atoms with Crippen LogP contribution in [0.15, 0.2) is 12.1 Å². The summed E-state index contributed by atoms with van der Waals surface area (Å²) in [6.45, 7) is -0.305. The number of hydrogen-bond acceptors (Lipinski definition) is 6. The summed E-state index contributed by atoms with van der Waals surface area (Å²) in [7, 11) is -6.52. The van der Waals surface area contributed by atoms with Crippen LogP contribution in [0.5, 0.6) is 5.75 Å². The van der Waals surface area contributed by atoms with Crippen molar-refractivity contribution in [3.05, 3.63) is 24.8 Å². The van der Waals surface area contributed by atoms with E-state index in [9.17, 15) is 45.1 Å². The van der Waals surface area contributed by atoms with E-state index in [0.29, 0.717) is 7.14 Å². The second kappa shape index (κ2) is 10.1. The van der Waals surface area contributed by atoms with Crippen molar-refractivity contribution in [2.45, 2.75) is 30.4 Å². The zero-order valence-electron chi connectivity index (χ0n) is 14.3. The second-order valence-electron chi connectivity index (χ2n) is 5.59. The van der Waals surface area contributed by atoms with E-state index in [1.165, 1.54) is 6.07 Å². The number of alkyl halides is 5. The van der Waals surface area contributed by atoms with Gasteiger partial charge in [-0.3, -0.25) is 14.1 Å². The molecule has 0 aliphatic carbocycles. The minimum absolute atomic E-state index is 0.0983. The zero-order chi connectivity index (χ0) is 23.5. The van der Waals surface area contributed by atoms with Gasteiger partial charge >= 0.3 is 27.5 Å². The minimum atomic E-state index is -6.52. The van der Waals surface area contributed by atoms with Crippen LogP contribution in [0.1, 0.15) is 23.2 Å². The third-order valence-electron chi connectivity index (χ3n) is 3.31. The molecule has 0 aliphatic heterocycles. The van der Waals surface area contributed by atoms with Gasteiger partial charge in [-0.15, -0.1) is 0 Å². The van der Waals surface area contributed by atoms with Crippen LogP contribution >= 0.6 is 45.2 Å². The van der Waals surface area contributed by atoms with Crippen molar-refractivity contribution in [1.82, 2.24) is 5.32 Å². The van der Waals surface area contributed by atoms with Crippen LogP contribution in [0.25, 0.3) is 0 Å². The highest BCUT2D eigenvalue weighted by Gasteiger charge is 2.65. The maximum Gasteiger partial charge on any atom is 0.432 e. The van der Waals surface area contributed by atoms with Crippen LogP contribution < -0.4 is 5.32 Å². The molecule has 0 saturated heterocycles. The van der Waals surface area contributed by atoms with Crippen molar-refractivity contribution in [3.63, 3.8) is 0 Å². The monoisotopic (exact) mass is 687 g/mol. The lowest BCUT2D eigenvalue weighted by molar-refractivity contribution is -0.259. The van der Waals surface area contributed by atoms with E-state index in [1.54, 1.807) is 28.7 Å². The number of nitrogens with one attached hydrogen (secondary N) is 1. The zero-order valence-corrected chi connectivity index (χ0v) is 19.5. The summed E-state index contributed by atoms with van der Waals surface area (Å²) < 4.78 is 98.5. The number of phenols is 1. The number of esters is 1. The van der Waals surface area contributed by atoms with Gasteiger partial charge in [0.1, 0.15) is 5.75 Å². The number of aromatic hydroxyl groups is 1. The van der Waals surface area contributed by atoms with E-state index in [1.807, 2.05) is 22.6 Å². The number of carbonyl (C=O) groups is 2. The average Bonchev–Trinajstić information content (AvgIpc) is 2.57. The molecule has 16 heteroatoms. The van der Waals surface area contributed by atoms with Gasteiger partial charge in [0.25, 0.3) is 12.0 Å². The van der Waals surface area contributed by atoms with Gasteiger partial charge in [-0.05, 0) is 63.7 Å². The number of phenolic OH excluding ortho intramolecular Hbond substituents is 1. The number of ether oxygens (including phenoxy) is 1. The van der Waals surface area contributed by atoms with Gasteiger partial charge in [0.2, 0.25) is 0 Å². The van der Waals surface area contributed by atoms with Crippen molar-refractivity contribution < 1.29 is 54.4 Å². The number of carbonyl (C=O) groups excluding carboxylic acids is 2. The van der Waals surface area contributed by atoms with E-state index >= 15 is 0 Å². The molecule has 1 aromatic carbocycles. The van der Waals surface area contributed by atoms with Crippen LogP contribution in [-0.2, 0) is 19.6 Å². The third-order valence-corrected chi connectivity index (χ3v) is 5.66. The van der Waals surface area contributed by atoms with Gasteiger partial charge in [-0.25, -0.2) is 0 Å². The van der Waals surface area contributed by atoms with Crippen molar-refractivity contribution in [2.24, 2.45) is 0 Å². The van der Waals surface area contributed by atoms with E-state index in [2.05, 4.69) is 10.1 Å². The average molecular weight is 687 g/mol. The van der Waals surface area contributed by atoms with E-state index in [0.717, 1.165) is 0 Å². The smallest absolute Gasteiger partial charge is 0.432 e. The summed E-state index contributed by atoms with van der Waals surface area (Å²) in [5.74, 6) is -2.90. The molecule has 0 heterocycles. The molecule has 170 valence electrons. The Hall–Kier alpha value is -1.02. The number of benzene rings is 1. The molecule has 0 radical (unpaired) electrons. The largest absolute Gasteiger partial charge is 0.506 e. The van der Waals surface area contributed by atoms with Crippen LogP contribution in [0.3, 0.4) is 0 Å². The maximum atomic E-state index is 13.3. The lowest BCUT2D eigenvalue weighted by Gasteiger charge is -2.26. The highest BCUT2D eigenvalue weighted by molar-refractivity contribution is 14.1. The Balaban J connectivity index is 2.69. The molecular weight excluding hydrogens is 675 g/mol. The molecule has 1 rings (SSSR count). The molecule has 1 unspecified atom stereocenters. The molecule has 1 atom stereocenters. The SMILES string of the molecule is O=C(CCCNC(=O)c1cc(I)cc(I)c1O)OC(C(F)(F)F)C(F)(F)S(=O)(=O)O. The summed E-state index contributed by atoms with van der Waals surface area (Å²) in [5, 5.41) is 6.32. The standard InChI is InChI=1S/C14H12F5I2NO7S/c15-13(16,17)12(14(18,19)30(26,27)28)29-9(23)2-1-3-22-11(25)7-4-6(20)5-8(21)10(7)24/h4-5,12,24H,1-3H2,(H,22,25)(H,26,27,28). The fraction of sp³-hybridized carbons (Fsp3) is 0.429. The van der Waals surface area contributed by atoms with Gasteiger partial charge in [-0.1, -0.05) is 0 Å². The molecule has 0 bridgehead atoms. The molecule has 30 heavy (non-hydrogen) atoms. The highest BCUT2D eigenvalue weighted by atomic mass is 127. The topological polar surface area (TPSA) is 130 Å². The number of rotatable bonds is 8. The number of halogens is 7. The van der Waals surface area contributed by atoms with Gasteiger partial charge in [-0.2, -0.15) is 30.4 Å². The van der Waals surface area contributed by atoms with E-state index in [4.69, 9.17) is 4.55 Å². The van der Waals surface area contributed by atoms with Gasteiger partial charge in [0, 0.05) is 16.5 Å². The first-order chi connectivity index (χ1) is 13.5. The molecule has 0 spiro atoms. The minimum Gasteiger partial charge on any atom is -0.506 e. The summed E-state index contributed by atoms with van der Waals surface area (Å²) in [4.78, 5) is 23.5. The van der Waals surface area contributed by atoms with Crippen LogP contribution in [0.2, 0.25) is 0 Å². The molecule has 0 saturated carbocycles. The first kappa shape index (κ1) is 27.0. The van der Waals surface area contributed by atoms with Crippen LogP contribution in [-0.4, -0.2) is 54.0 Å². The molecule has 0 fully saturated rings. The Kier molecular flexibility index (Phi) is 9.07. The van der Waals surface area contributed by atoms with Crippen LogP contribution in [0.4, 0.5) is 22.0 Å². The predicted molar refractivity (Wildman–Crippen MR) is 108 cm³/mol. The molecule has 3 N–H and O–H groups in total.